The van der Waals surface area contributed by atoms with Crippen LogP contribution in [-0.4, -0.2) is 22.3 Å². The Morgan fingerprint density at radius 3 is 2.74 bits per heavy atom. The van der Waals surface area contributed by atoms with E-state index >= 15 is 0 Å². The Labute approximate surface area is 141 Å². The van der Waals surface area contributed by atoms with Gasteiger partial charge in [0.15, 0.2) is 5.65 Å². The van der Waals surface area contributed by atoms with Crippen molar-refractivity contribution in [2.24, 2.45) is 0 Å². The number of fused-ring (bicyclic) bond motifs is 1. The molecule has 0 fully saturated rings. The highest BCUT2D eigenvalue weighted by molar-refractivity contribution is 7.19. The number of aromatic amines is 1. The number of rotatable bonds is 3. The van der Waals surface area contributed by atoms with Gasteiger partial charge in [-0.1, -0.05) is 23.7 Å². The van der Waals surface area contributed by atoms with Gasteiger partial charge in [0.25, 0.3) is 0 Å². The summed E-state index contributed by atoms with van der Waals surface area (Å²) in [5, 5.41) is 8.41. The first-order valence-corrected chi connectivity index (χ1v) is 8.19. The summed E-state index contributed by atoms with van der Waals surface area (Å²) in [6.45, 7) is 0. The Morgan fingerprint density at radius 1 is 1.09 bits per heavy atom. The average Bonchev–Trinajstić information content (AvgIpc) is 3.21. The normalized spacial score (nSPS) is 11.0. The van der Waals surface area contributed by atoms with E-state index in [1.807, 2.05) is 42.5 Å². The molecule has 4 aromatic rings. The highest BCUT2D eigenvalue weighted by atomic mass is 35.5. The molecule has 0 aliphatic carbocycles. The van der Waals surface area contributed by atoms with Crippen LogP contribution in [0, 0.1) is 0 Å². The minimum atomic E-state index is 0.674. The van der Waals surface area contributed by atoms with E-state index in [1.54, 1.807) is 13.3 Å². The summed E-state index contributed by atoms with van der Waals surface area (Å²) in [4.78, 5) is 5.45. The van der Waals surface area contributed by atoms with Crippen LogP contribution in [0.5, 0.6) is 5.75 Å². The first-order valence-electron chi connectivity index (χ1n) is 7.00. The van der Waals surface area contributed by atoms with Gasteiger partial charge >= 0.3 is 0 Å². The molecule has 0 amide bonds. The minimum absolute atomic E-state index is 0.674. The quantitative estimate of drug-likeness (QED) is 0.569. The third kappa shape index (κ3) is 2.38. The lowest BCUT2D eigenvalue weighted by molar-refractivity contribution is 0.416. The molecular formula is C17H12ClN3OS. The van der Waals surface area contributed by atoms with Crippen LogP contribution in [0.25, 0.3) is 32.7 Å². The lowest BCUT2D eigenvalue weighted by Gasteiger charge is -2.08. The van der Waals surface area contributed by atoms with E-state index in [1.165, 1.54) is 11.3 Å². The lowest BCUT2D eigenvalue weighted by atomic mass is 10.0. The van der Waals surface area contributed by atoms with E-state index in [9.17, 15) is 0 Å². The average molecular weight is 342 g/mol. The van der Waals surface area contributed by atoms with Crippen molar-refractivity contribution in [1.82, 2.24) is 15.2 Å². The second kappa shape index (κ2) is 5.68. The standard InChI is InChI=1S/C17H12ClN3OS/c1-22-12-5-3-2-4-10(12)16-15-11(13-6-7-14(18)23-13)8-9-19-17(15)21-20-16/h2-9H,1H3,(H,19,20,21). The number of aromatic nitrogens is 3. The molecule has 0 bridgehead atoms. The Morgan fingerprint density at radius 2 is 1.96 bits per heavy atom. The van der Waals surface area contributed by atoms with E-state index in [2.05, 4.69) is 15.2 Å². The predicted octanol–water partition coefficient (Wildman–Crippen LogP) is 5.02. The van der Waals surface area contributed by atoms with Crippen LogP contribution in [0.2, 0.25) is 4.34 Å². The zero-order valence-electron chi connectivity index (χ0n) is 12.2. The third-order valence-electron chi connectivity index (χ3n) is 3.67. The number of H-pyrrole nitrogens is 1. The summed E-state index contributed by atoms with van der Waals surface area (Å²) in [5.41, 5.74) is 3.58. The van der Waals surface area contributed by atoms with E-state index in [-0.39, 0.29) is 0 Å². The van der Waals surface area contributed by atoms with Crippen molar-refractivity contribution >= 4 is 34.0 Å². The van der Waals surface area contributed by atoms with Crippen LogP contribution in [0.3, 0.4) is 0 Å². The van der Waals surface area contributed by atoms with Crippen LogP contribution in [-0.2, 0) is 0 Å². The molecule has 114 valence electrons. The monoisotopic (exact) mass is 341 g/mol. The second-order valence-corrected chi connectivity index (χ2v) is 6.67. The van der Waals surface area contributed by atoms with Crippen molar-refractivity contribution in [1.29, 1.82) is 0 Å². The summed E-state index contributed by atoms with van der Waals surface area (Å²) >= 11 is 7.64. The molecule has 23 heavy (non-hydrogen) atoms. The van der Waals surface area contributed by atoms with Crippen molar-refractivity contribution < 1.29 is 4.74 Å². The number of nitrogens with one attached hydrogen (secondary N) is 1. The smallest absolute Gasteiger partial charge is 0.182 e. The fourth-order valence-electron chi connectivity index (χ4n) is 2.66. The molecule has 3 heterocycles. The van der Waals surface area contributed by atoms with Crippen LogP contribution < -0.4 is 4.74 Å². The molecule has 0 radical (unpaired) electrons. The van der Waals surface area contributed by atoms with Gasteiger partial charge in [-0.2, -0.15) is 5.10 Å². The molecule has 1 aromatic carbocycles. The number of hydrogen-bond donors (Lipinski definition) is 1. The van der Waals surface area contributed by atoms with Gasteiger partial charge in [0.05, 0.1) is 22.5 Å². The van der Waals surface area contributed by atoms with Crippen molar-refractivity contribution in [2.75, 3.05) is 7.11 Å². The summed E-state index contributed by atoms with van der Waals surface area (Å²) < 4.78 is 6.24. The second-order valence-electron chi connectivity index (χ2n) is 4.96. The first-order chi connectivity index (χ1) is 11.3. The Balaban J connectivity index is 2.02. The van der Waals surface area contributed by atoms with Crippen LogP contribution in [0.1, 0.15) is 0 Å². The van der Waals surface area contributed by atoms with Crippen molar-refractivity contribution in [3.8, 4) is 27.4 Å². The Kier molecular flexibility index (Phi) is 3.52. The van der Waals surface area contributed by atoms with Gasteiger partial charge in [0, 0.05) is 22.2 Å². The van der Waals surface area contributed by atoms with Crippen molar-refractivity contribution in [3.63, 3.8) is 0 Å². The number of methoxy groups -OCH3 is 1. The zero-order valence-corrected chi connectivity index (χ0v) is 13.8. The zero-order chi connectivity index (χ0) is 15.8. The van der Waals surface area contributed by atoms with Crippen LogP contribution in [0.4, 0.5) is 0 Å². The summed E-state index contributed by atoms with van der Waals surface area (Å²) in [5.74, 6) is 0.789. The molecular weight excluding hydrogens is 330 g/mol. The van der Waals surface area contributed by atoms with Gasteiger partial charge in [0.2, 0.25) is 0 Å². The fraction of sp³-hybridized carbons (Fsp3) is 0.0588. The molecule has 0 saturated heterocycles. The molecule has 4 nitrogen and oxygen atoms in total. The minimum Gasteiger partial charge on any atom is -0.496 e. The number of benzene rings is 1. The first kappa shape index (κ1) is 14.2. The van der Waals surface area contributed by atoms with Crippen LogP contribution >= 0.6 is 22.9 Å². The van der Waals surface area contributed by atoms with Gasteiger partial charge < -0.3 is 4.74 Å². The number of nitrogens with zero attached hydrogens (tertiary/aromatic N) is 2. The van der Waals surface area contributed by atoms with E-state index in [0.717, 1.165) is 37.2 Å². The van der Waals surface area contributed by atoms with Crippen molar-refractivity contribution in [2.45, 2.75) is 0 Å². The highest BCUT2D eigenvalue weighted by Crippen LogP contribution is 2.40. The number of pyridine rings is 1. The number of hydrogen-bond acceptors (Lipinski definition) is 4. The highest BCUT2D eigenvalue weighted by Gasteiger charge is 2.17. The molecule has 0 saturated carbocycles. The van der Waals surface area contributed by atoms with Crippen molar-refractivity contribution in [3.05, 3.63) is 53.0 Å². The summed E-state index contributed by atoms with van der Waals surface area (Å²) in [6.07, 6.45) is 1.76. The van der Waals surface area contributed by atoms with E-state index < -0.39 is 0 Å². The number of para-hydroxylation sites is 1. The topological polar surface area (TPSA) is 50.8 Å². The maximum atomic E-state index is 6.10. The van der Waals surface area contributed by atoms with Crippen LogP contribution in [0.15, 0.2) is 48.7 Å². The molecule has 0 aliphatic rings. The lowest BCUT2D eigenvalue weighted by Crippen LogP contribution is -1.88. The number of halogens is 1. The number of thiophene rings is 1. The van der Waals surface area contributed by atoms with E-state index in [0.29, 0.717) is 5.65 Å². The molecule has 0 aliphatic heterocycles. The number of ether oxygens (including phenoxy) is 1. The maximum Gasteiger partial charge on any atom is 0.182 e. The maximum absolute atomic E-state index is 6.10. The van der Waals surface area contributed by atoms with Gasteiger partial charge in [-0.25, -0.2) is 4.98 Å². The van der Waals surface area contributed by atoms with Gasteiger partial charge in [-0.15, -0.1) is 11.3 Å². The van der Waals surface area contributed by atoms with Gasteiger partial charge in [0.1, 0.15) is 5.75 Å². The Bertz CT molecular complexity index is 992. The molecule has 0 unspecified atom stereocenters. The fourth-order valence-corrected chi connectivity index (χ4v) is 3.73. The predicted molar refractivity (Wildman–Crippen MR) is 94.2 cm³/mol. The molecule has 6 heteroatoms. The Hall–Kier alpha value is -2.37. The third-order valence-corrected chi connectivity index (χ3v) is 4.93. The van der Waals surface area contributed by atoms with E-state index in [4.69, 9.17) is 16.3 Å². The molecule has 3 aromatic heterocycles. The molecule has 0 atom stereocenters. The van der Waals surface area contributed by atoms with Gasteiger partial charge in [-0.3, -0.25) is 5.10 Å². The van der Waals surface area contributed by atoms with Gasteiger partial charge in [-0.05, 0) is 30.3 Å². The summed E-state index contributed by atoms with van der Waals surface area (Å²) in [7, 11) is 1.66. The largest absolute Gasteiger partial charge is 0.496 e. The molecule has 0 spiro atoms. The summed E-state index contributed by atoms with van der Waals surface area (Å²) in [6, 6.07) is 13.8. The molecule has 1 N–H and O–H groups in total. The molecule has 4 rings (SSSR count). The SMILES string of the molecule is COc1ccccc1-c1[nH]nc2nccc(-c3ccc(Cl)s3)c12.